The number of hydrogen-bond donors (Lipinski definition) is 3. The van der Waals surface area contributed by atoms with Crippen molar-refractivity contribution >= 4 is 29.0 Å². The van der Waals surface area contributed by atoms with E-state index in [0.29, 0.717) is 45.3 Å². The fraction of sp³-hybridized carbons (Fsp3) is 0.208. The van der Waals surface area contributed by atoms with Crippen LogP contribution < -0.4 is 20.1 Å². The number of ether oxygens (including phenoxy) is 2. The normalized spacial score (nSPS) is 10.4. The van der Waals surface area contributed by atoms with Crippen molar-refractivity contribution in [2.75, 3.05) is 24.9 Å². The number of methoxy groups -OCH3 is 2. The first-order valence-corrected chi connectivity index (χ1v) is 9.90. The highest BCUT2D eigenvalue weighted by Crippen LogP contribution is 2.37. The summed E-state index contributed by atoms with van der Waals surface area (Å²) in [5.74, 6) is -0.186. The topological polar surface area (TPSA) is 110 Å². The van der Waals surface area contributed by atoms with E-state index < -0.39 is 5.91 Å². The lowest BCUT2D eigenvalue weighted by molar-refractivity contribution is 0.101. The number of aromatic amines is 1. The monoisotopic (exact) mass is 435 g/mol. The highest BCUT2D eigenvalue weighted by atomic mass is 16.5. The Kier molecular flexibility index (Phi) is 6.63. The molecule has 3 aromatic rings. The highest BCUT2D eigenvalue weighted by molar-refractivity contribution is 6.09. The van der Waals surface area contributed by atoms with E-state index in [1.807, 2.05) is 6.07 Å². The van der Waals surface area contributed by atoms with Gasteiger partial charge in [0.15, 0.2) is 5.78 Å². The van der Waals surface area contributed by atoms with E-state index in [4.69, 9.17) is 9.47 Å². The average molecular weight is 435 g/mol. The van der Waals surface area contributed by atoms with Crippen LogP contribution >= 0.6 is 0 Å². The smallest absolute Gasteiger partial charge is 0.272 e. The number of carbonyl (C=O) groups excluding carboxylic acids is 3. The van der Waals surface area contributed by atoms with Crippen molar-refractivity contribution in [2.24, 2.45) is 0 Å². The largest absolute Gasteiger partial charge is 0.494 e. The highest BCUT2D eigenvalue weighted by Gasteiger charge is 2.22. The third-order valence-electron chi connectivity index (χ3n) is 5.07. The van der Waals surface area contributed by atoms with Crippen LogP contribution in [0.1, 0.15) is 49.4 Å². The number of nitrogens with one attached hydrogen (secondary N) is 3. The van der Waals surface area contributed by atoms with Gasteiger partial charge >= 0.3 is 0 Å². The standard InChI is InChI=1S/C24H25N3O5/c1-13-21(15(3)28)14(2)25-22(13)24(30)27-18-12-19(31-4)17(11-20(18)32-5)26-23(29)16-9-7-6-8-10-16/h6-12,25H,1-5H3,(H,26,29)(H,27,30). The molecule has 3 N–H and O–H groups in total. The van der Waals surface area contributed by atoms with E-state index in [2.05, 4.69) is 15.6 Å². The zero-order valence-corrected chi connectivity index (χ0v) is 18.6. The summed E-state index contributed by atoms with van der Waals surface area (Å²) in [7, 11) is 2.92. The summed E-state index contributed by atoms with van der Waals surface area (Å²) in [6, 6.07) is 11.9. The zero-order valence-electron chi connectivity index (χ0n) is 18.6. The minimum absolute atomic E-state index is 0.118. The van der Waals surface area contributed by atoms with Crippen LogP contribution in [0.2, 0.25) is 0 Å². The Labute approximate surface area is 185 Å². The van der Waals surface area contributed by atoms with E-state index in [-0.39, 0.29) is 17.4 Å². The summed E-state index contributed by atoms with van der Waals surface area (Å²) < 4.78 is 10.8. The van der Waals surface area contributed by atoms with E-state index in [0.717, 1.165) is 0 Å². The quantitative estimate of drug-likeness (QED) is 0.478. The average Bonchev–Trinajstić information content (AvgIpc) is 3.08. The third kappa shape index (κ3) is 4.49. The molecule has 1 heterocycles. The summed E-state index contributed by atoms with van der Waals surface area (Å²) in [4.78, 5) is 40.3. The van der Waals surface area contributed by atoms with Crippen LogP contribution in [0.4, 0.5) is 11.4 Å². The minimum atomic E-state index is -0.431. The molecule has 8 heteroatoms. The molecule has 32 heavy (non-hydrogen) atoms. The zero-order chi connectivity index (χ0) is 23.4. The third-order valence-corrected chi connectivity index (χ3v) is 5.07. The van der Waals surface area contributed by atoms with E-state index in [1.54, 1.807) is 50.2 Å². The molecule has 3 rings (SSSR count). The summed E-state index contributed by atoms with van der Waals surface area (Å²) >= 11 is 0. The van der Waals surface area contributed by atoms with Crippen LogP contribution in [0, 0.1) is 13.8 Å². The number of hydrogen-bond acceptors (Lipinski definition) is 5. The molecule has 0 bridgehead atoms. The molecular formula is C24H25N3O5. The number of aromatic nitrogens is 1. The van der Waals surface area contributed by atoms with Gasteiger partial charge in [0.05, 0.1) is 25.6 Å². The number of amides is 2. The number of ketones is 1. The molecule has 0 spiro atoms. The van der Waals surface area contributed by atoms with Crippen LogP contribution in [-0.2, 0) is 0 Å². The van der Waals surface area contributed by atoms with Gasteiger partial charge in [-0.1, -0.05) is 18.2 Å². The molecule has 8 nitrogen and oxygen atoms in total. The number of benzene rings is 2. The fourth-order valence-corrected chi connectivity index (χ4v) is 3.57. The van der Waals surface area contributed by atoms with Crippen molar-refractivity contribution in [1.29, 1.82) is 0 Å². The van der Waals surface area contributed by atoms with Crippen molar-refractivity contribution in [3.63, 3.8) is 0 Å². The Balaban J connectivity index is 1.91. The van der Waals surface area contributed by atoms with Crippen molar-refractivity contribution in [3.05, 3.63) is 70.5 Å². The second-order valence-electron chi connectivity index (χ2n) is 7.21. The molecule has 1 aromatic heterocycles. The molecule has 0 fully saturated rings. The van der Waals surface area contributed by atoms with Gasteiger partial charge in [-0.15, -0.1) is 0 Å². The van der Waals surface area contributed by atoms with Crippen molar-refractivity contribution in [1.82, 2.24) is 4.98 Å². The van der Waals surface area contributed by atoms with Gasteiger partial charge in [-0.25, -0.2) is 0 Å². The first kappa shape index (κ1) is 22.6. The molecule has 0 atom stereocenters. The number of aryl methyl sites for hydroxylation is 1. The molecule has 0 aliphatic rings. The van der Waals surface area contributed by atoms with Crippen LogP contribution in [0.5, 0.6) is 11.5 Å². The number of H-pyrrole nitrogens is 1. The Morgan fingerprint density at radius 3 is 1.84 bits per heavy atom. The maximum atomic E-state index is 12.9. The van der Waals surface area contributed by atoms with Gasteiger partial charge in [0.2, 0.25) is 0 Å². The van der Waals surface area contributed by atoms with Crippen LogP contribution in [-0.4, -0.2) is 36.8 Å². The molecule has 0 aliphatic heterocycles. The molecule has 0 unspecified atom stereocenters. The lowest BCUT2D eigenvalue weighted by Gasteiger charge is -2.16. The van der Waals surface area contributed by atoms with Gasteiger partial charge in [-0.3, -0.25) is 14.4 Å². The lowest BCUT2D eigenvalue weighted by Crippen LogP contribution is -2.16. The summed E-state index contributed by atoms with van der Waals surface area (Å²) in [6.45, 7) is 4.92. The summed E-state index contributed by atoms with van der Waals surface area (Å²) in [6.07, 6.45) is 0. The molecule has 2 amide bonds. The molecule has 0 saturated heterocycles. The van der Waals surface area contributed by atoms with Gasteiger partial charge in [-0.05, 0) is 38.5 Å². The van der Waals surface area contributed by atoms with Crippen LogP contribution in [0.25, 0.3) is 0 Å². The second-order valence-corrected chi connectivity index (χ2v) is 7.21. The van der Waals surface area contributed by atoms with E-state index >= 15 is 0 Å². The molecule has 2 aromatic carbocycles. The summed E-state index contributed by atoms with van der Waals surface area (Å²) in [5.41, 5.74) is 3.22. The molecule has 0 saturated carbocycles. The van der Waals surface area contributed by atoms with Crippen LogP contribution in [0.15, 0.2) is 42.5 Å². The predicted octanol–water partition coefficient (Wildman–Crippen LogP) is 4.36. The van der Waals surface area contributed by atoms with E-state index in [1.165, 1.54) is 21.1 Å². The number of Topliss-reactive ketones (excluding diaryl/α,β-unsaturated/α-hetero) is 1. The maximum Gasteiger partial charge on any atom is 0.272 e. The van der Waals surface area contributed by atoms with E-state index in [9.17, 15) is 14.4 Å². The number of carbonyl (C=O) groups is 3. The van der Waals surface area contributed by atoms with Gasteiger partial charge in [-0.2, -0.15) is 0 Å². The molecular weight excluding hydrogens is 410 g/mol. The van der Waals surface area contributed by atoms with Gasteiger partial charge in [0, 0.05) is 29.0 Å². The molecule has 0 aliphatic carbocycles. The van der Waals surface area contributed by atoms with Crippen molar-refractivity contribution in [2.45, 2.75) is 20.8 Å². The SMILES string of the molecule is COc1cc(NC(=O)c2[nH]c(C)c(C(C)=O)c2C)c(OC)cc1NC(=O)c1ccccc1. The van der Waals surface area contributed by atoms with Gasteiger partial charge in [0.25, 0.3) is 11.8 Å². The predicted molar refractivity (Wildman–Crippen MR) is 122 cm³/mol. The van der Waals surface area contributed by atoms with Crippen molar-refractivity contribution in [3.8, 4) is 11.5 Å². The Hall–Kier alpha value is -4.07. The Morgan fingerprint density at radius 2 is 1.38 bits per heavy atom. The second kappa shape index (κ2) is 9.38. The maximum absolute atomic E-state index is 12.9. The van der Waals surface area contributed by atoms with Gasteiger partial charge in [0.1, 0.15) is 17.2 Å². The molecule has 166 valence electrons. The summed E-state index contributed by atoms with van der Waals surface area (Å²) in [5, 5.41) is 5.58. The number of anilines is 2. The Bertz CT molecular complexity index is 1180. The fourth-order valence-electron chi connectivity index (χ4n) is 3.57. The first-order valence-electron chi connectivity index (χ1n) is 9.90. The van der Waals surface area contributed by atoms with Crippen molar-refractivity contribution < 1.29 is 23.9 Å². The minimum Gasteiger partial charge on any atom is -0.494 e. The lowest BCUT2D eigenvalue weighted by atomic mass is 10.1. The van der Waals surface area contributed by atoms with Gasteiger partial charge < -0.3 is 25.1 Å². The Morgan fingerprint density at radius 1 is 0.844 bits per heavy atom. The number of rotatable bonds is 7. The van der Waals surface area contributed by atoms with Crippen LogP contribution in [0.3, 0.4) is 0 Å². The molecule has 0 radical (unpaired) electrons. The first-order chi connectivity index (χ1) is 15.3.